The summed E-state index contributed by atoms with van der Waals surface area (Å²) >= 11 is 2.93. The van der Waals surface area contributed by atoms with Crippen molar-refractivity contribution in [3.63, 3.8) is 0 Å². The van der Waals surface area contributed by atoms with Gasteiger partial charge in [0, 0.05) is 5.69 Å². The van der Waals surface area contributed by atoms with E-state index in [2.05, 4.69) is 21.2 Å². The number of rotatable bonds is 3. The van der Waals surface area contributed by atoms with E-state index in [1.165, 1.54) is 6.07 Å². The summed E-state index contributed by atoms with van der Waals surface area (Å²) in [6.07, 6.45) is 0. The van der Waals surface area contributed by atoms with E-state index in [9.17, 15) is 14.0 Å². The molecule has 0 atom stereocenters. The number of carboxylic acids is 1. The molecule has 1 aromatic rings. The lowest BCUT2D eigenvalue weighted by Gasteiger charge is -2.04. The first-order chi connectivity index (χ1) is 7.04. The number of hydrogen-bond donors (Lipinski definition) is 2. The summed E-state index contributed by atoms with van der Waals surface area (Å²) in [6, 6.07) is 3.36. The fourth-order valence-corrected chi connectivity index (χ4v) is 1.10. The Morgan fingerprint density at radius 1 is 1.47 bits per heavy atom. The van der Waals surface area contributed by atoms with Gasteiger partial charge in [-0.05, 0) is 18.2 Å². The van der Waals surface area contributed by atoms with Crippen LogP contribution in [-0.2, 0) is 4.79 Å². The van der Waals surface area contributed by atoms with Crippen molar-refractivity contribution < 1.29 is 19.1 Å². The number of aromatic carboxylic acids is 1. The van der Waals surface area contributed by atoms with Crippen molar-refractivity contribution in [2.75, 3.05) is 10.6 Å². The summed E-state index contributed by atoms with van der Waals surface area (Å²) in [5.41, 5.74) is -0.222. The second-order valence-corrected chi connectivity index (χ2v) is 3.24. The first-order valence-corrected chi connectivity index (χ1v) is 5.05. The van der Waals surface area contributed by atoms with E-state index in [-0.39, 0.29) is 16.9 Å². The van der Waals surface area contributed by atoms with E-state index >= 15 is 0 Å². The van der Waals surface area contributed by atoms with Crippen LogP contribution in [-0.4, -0.2) is 22.3 Å². The molecule has 0 bridgehead atoms. The molecule has 0 heterocycles. The molecule has 1 rings (SSSR count). The predicted octanol–water partition coefficient (Wildman–Crippen LogP) is 1.86. The second-order valence-electron chi connectivity index (χ2n) is 2.68. The third-order valence-electron chi connectivity index (χ3n) is 1.60. The van der Waals surface area contributed by atoms with Gasteiger partial charge in [-0.25, -0.2) is 9.18 Å². The lowest BCUT2D eigenvalue weighted by Crippen LogP contribution is -2.13. The van der Waals surface area contributed by atoms with Crippen LogP contribution in [0.2, 0.25) is 0 Å². The zero-order chi connectivity index (χ0) is 11.4. The summed E-state index contributed by atoms with van der Waals surface area (Å²) < 4.78 is 12.9. The molecule has 0 aliphatic carbocycles. The molecule has 0 aliphatic heterocycles. The number of anilines is 1. The van der Waals surface area contributed by atoms with Crippen molar-refractivity contribution >= 4 is 33.5 Å². The molecule has 6 heteroatoms. The SMILES string of the molecule is O=C(CBr)Nc1ccc(F)c(C(=O)O)c1. The van der Waals surface area contributed by atoms with Gasteiger partial charge in [0.1, 0.15) is 5.82 Å². The minimum Gasteiger partial charge on any atom is -0.478 e. The van der Waals surface area contributed by atoms with Crippen LogP contribution < -0.4 is 5.32 Å². The highest BCUT2D eigenvalue weighted by atomic mass is 79.9. The van der Waals surface area contributed by atoms with Gasteiger partial charge in [-0.1, -0.05) is 15.9 Å². The highest BCUT2D eigenvalue weighted by Gasteiger charge is 2.11. The first-order valence-electron chi connectivity index (χ1n) is 3.93. The van der Waals surface area contributed by atoms with Gasteiger partial charge < -0.3 is 10.4 Å². The number of amides is 1. The van der Waals surface area contributed by atoms with Crippen LogP contribution >= 0.6 is 15.9 Å². The first kappa shape index (κ1) is 11.6. The Labute approximate surface area is 93.2 Å². The maximum absolute atomic E-state index is 12.9. The number of carboxylic acid groups (broad SMARTS) is 1. The predicted molar refractivity (Wildman–Crippen MR) is 55.8 cm³/mol. The normalized spacial score (nSPS) is 9.73. The van der Waals surface area contributed by atoms with Crippen LogP contribution in [0.5, 0.6) is 0 Å². The third kappa shape index (κ3) is 3.02. The Morgan fingerprint density at radius 3 is 2.67 bits per heavy atom. The number of hydrogen-bond acceptors (Lipinski definition) is 2. The lowest BCUT2D eigenvalue weighted by atomic mass is 10.2. The Hall–Kier alpha value is -1.43. The van der Waals surface area contributed by atoms with Crippen molar-refractivity contribution in [2.45, 2.75) is 0 Å². The average Bonchev–Trinajstić information content (AvgIpc) is 2.20. The van der Waals surface area contributed by atoms with Crippen LogP contribution in [0.1, 0.15) is 10.4 Å². The number of carbonyl (C=O) groups excluding carboxylic acids is 1. The molecule has 0 spiro atoms. The number of nitrogens with one attached hydrogen (secondary N) is 1. The van der Waals surface area contributed by atoms with E-state index in [0.29, 0.717) is 0 Å². The Kier molecular flexibility index (Phi) is 3.79. The molecule has 1 amide bonds. The van der Waals surface area contributed by atoms with Crippen molar-refractivity contribution in [1.82, 2.24) is 0 Å². The van der Waals surface area contributed by atoms with E-state index in [4.69, 9.17) is 5.11 Å². The summed E-state index contributed by atoms with van der Waals surface area (Å²) in [5.74, 6) is -2.54. The highest BCUT2D eigenvalue weighted by molar-refractivity contribution is 9.09. The average molecular weight is 276 g/mol. The molecule has 0 saturated heterocycles. The molecule has 80 valence electrons. The number of halogens is 2. The summed E-state index contributed by atoms with van der Waals surface area (Å²) in [4.78, 5) is 21.5. The van der Waals surface area contributed by atoms with Crippen LogP contribution in [0.3, 0.4) is 0 Å². The van der Waals surface area contributed by atoms with E-state index in [1.807, 2.05) is 0 Å². The number of carbonyl (C=O) groups is 2. The Balaban J connectivity index is 2.97. The summed E-state index contributed by atoms with van der Waals surface area (Å²) in [5, 5.41) is 11.1. The monoisotopic (exact) mass is 275 g/mol. The molecular formula is C9H7BrFNO3. The van der Waals surface area contributed by atoms with Crippen LogP contribution in [0.25, 0.3) is 0 Å². The number of benzene rings is 1. The van der Waals surface area contributed by atoms with Crippen LogP contribution in [0, 0.1) is 5.82 Å². The van der Waals surface area contributed by atoms with Gasteiger partial charge in [-0.15, -0.1) is 0 Å². The molecule has 0 unspecified atom stereocenters. The molecule has 0 fully saturated rings. The largest absolute Gasteiger partial charge is 0.478 e. The van der Waals surface area contributed by atoms with Gasteiger partial charge in [0.2, 0.25) is 5.91 Å². The van der Waals surface area contributed by atoms with Gasteiger partial charge in [0.05, 0.1) is 10.9 Å². The summed E-state index contributed by atoms with van der Waals surface area (Å²) in [7, 11) is 0. The molecule has 0 radical (unpaired) electrons. The van der Waals surface area contributed by atoms with Gasteiger partial charge >= 0.3 is 5.97 Å². The molecule has 2 N–H and O–H groups in total. The quantitative estimate of drug-likeness (QED) is 0.828. The Morgan fingerprint density at radius 2 is 2.13 bits per heavy atom. The zero-order valence-corrected chi connectivity index (χ0v) is 9.04. The minimum atomic E-state index is -1.37. The fourth-order valence-electron chi connectivity index (χ4n) is 0.961. The lowest BCUT2D eigenvalue weighted by molar-refractivity contribution is -0.113. The van der Waals surface area contributed by atoms with Crippen LogP contribution in [0.4, 0.5) is 10.1 Å². The van der Waals surface area contributed by atoms with Crippen molar-refractivity contribution in [3.8, 4) is 0 Å². The van der Waals surface area contributed by atoms with E-state index < -0.39 is 17.3 Å². The van der Waals surface area contributed by atoms with Gasteiger partial charge in [0.25, 0.3) is 0 Å². The molecule has 1 aromatic carbocycles. The molecule has 0 aromatic heterocycles. The second kappa shape index (κ2) is 4.88. The standard InChI is InChI=1S/C9H7BrFNO3/c10-4-8(13)12-5-1-2-7(11)6(3-5)9(14)15/h1-3H,4H2,(H,12,13)(H,14,15). The van der Waals surface area contributed by atoms with Gasteiger partial charge in [-0.2, -0.15) is 0 Å². The number of alkyl halides is 1. The topological polar surface area (TPSA) is 66.4 Å². The summed E-state index contributed by atoms with van der Waals surface area (Å²) in [6.45, 7) is 0. The van der Waals surface area contributed by atoms with Crippen molar-refractivity contribution in [2.24, 2.45) is 0 Å². The maximum Gasteiger partial charge on any atom is 0.338 e. The zero-order valence-electron chi connectivity index (χ0n) is 7.46. The smallest absolute Gasteiger partial charge is 0.338 e. The van der Waals surface area contributed by atoms with Crippen LogP contribution in [0.15, 0.2) is 18.2 Å². The molecule has 0 saturated carbocycles. The third-order valence-corrected chi connectivity index (χ3v) is 2.11. The molecule has 0 aliphatic rings. The minimum absolute atomic E-state index is 0.0901. The molecule has 4 nitrogen and oxygen atoms in total. The Bertz CT molecular complexity index is 408. The highest BCUT2D eigenvalue weighted by Crippen LogP contribution is 2.14. The van der Waals surface area contributed by atoms with Crippen molar-refractivity contribution in [1.29, 1.82) is 0 Å². The van der Waals surface area contributed by atoms with Gasteiger partial charge in [0.15, 0.2) is 0 Å². The fraction of sp³-hybridized carbons (Fsp3) is 0.111. The van der Waals surface area contributed by atoms with E-state index in [1.54, 1.807) is 0 Å². The molecular weight excluding hydrogens is 269 g/mol. The van der Waals surface area contributed by atoms with E-state index in [0.717, 1.165) is 12.1 Å². The van der Waals surface area contributed by atoms with Gasteiger partial charge in [-0.3, -0.25) is 4.79 Å². The molecule has 15 heavy (non-hydrogen) atoms. The maximum atomic E-state index is 12.9. The van der Waals surface area contributed by atoms with Crippen molar-refractivity contribution in [3.05, 3.63) is 29.6 Å².